The molecule has 0 saturated carbocycles. The highest BCUT2D eigenvalue weighted by Crippen LogP contribution is 2.24. The number of methoxy groups -OCH3 is 1. The van der Waals surface area contributed by atoms with Crippen molar-refractivity contribution in [1.82, 2.24) is 10.2 Å². The van der Waals surface area contributed by atoms with Gasteiger partial charge < -0.3 is 20.1 Å². The molecule has 0 aromatic heterocycles. The van der Waals surface area contributed by atoms with Crippen LogP contribution in [0.25, 0.3) is 0 Å². The van der Waals surface area contributed by atoms with Gasteiger partial charge in [0.15, 0.2) is 0 Å². The van der Waals surface area contributed by atoms with Crippen molar-refractivity contribution >= 4 is 17.5 Å². The van der Waals surface area contributed by atoms with Gasteiger partial charge in [0.05, 0.1) is 37.6 Å². The first-order valence-corrected chi connectivity index (χ1v) is 9.66. The third kappa shape index (κ3) is 5.35. The zero-order valence-corrected chi connectivity index (χ0v) is 16.8. The highest BCUT2D eigenvalue weighted by Gasteiger charge is 2.25. The number of amides is 2. The van der Waals surface area contributed by atoms with Crippen LogP contribution in [0.1, 0.15) is 17.2 Å². The predicted octanol–water partition coefficient (Wildman–Crippen LogP) is 1.70. The molecule has 30 heavy (non-hydrogen) atoms. The SMILES string of the molecule is COc1cccc(C(CNC(=O)C(=O)Nc2ccccc2C#N)N2CCOCC2)c1. The Kier molecular flexibility index (Phi) is 7.38. The second-order valence-corrected chi connectivity index (χ2v) is 6.76. The van der Waals surface area contributed by atoms with Gasteiger partial charge in [0.25, 0.3) is 0 Å². The predicted molar refractivity (Wildman–Crippen MR) is 111 cm³/mol. The first-order valence-electron chi connectivity index (χ1n) is 9.66. The van der Waals surface area contributed by atoms with Crippen LogP contribution in [0, 0.1) is 11.3 Å². The van der Waals surface area contributed by atoms with Crippen LogP contribution in [0.3, 0.4) is 0 Å². The lowest BCUT2D eigenvalue weighted by molar-refractivity contribution is -0.136. The van der Waals surface area contributed by atoms with Crippen LogP contribution in [0.5, 0.6) is 5.75 Å². The van der Waals surface area contributed by atoms with Gasteiger partial charge in [-0.2, -0.15) is 5.26 Å². The topological polar surface area (TPSA) is 104 Å². The second kappa shape index (κ2) is 10.4. The summed E-state index contributed by atoms with van der Waals surface area (Å²) in [7, 11) is 1.61. The van der Waals surface area contributed by atoms with Gasteiger partial charge in [-0.05, 0) is 29.8 Å². The van der Waals surface area contributed by atoms with E-state index in [9.17, 15) is 9.59 Å². The van der Waals surface area contributed by atoms with E-state index in [1.54, 1.807) is 31.4 Å². The molecule has 1 atom stereocenters. The number of nitrogens with zero attached hydrogens (tertiary/aromatic N) is 2. The third-order valence-electron chi connectivity index (χ3n) is 4.92. The Labute approximate surface area is 175 Å². The molecule has 1 unspecified atom stereocenters. The molecule has 2 aromatic carbocycles. The monoisotopic (exact) mass is 408 g/mol. The van der Waals surface area contributed by atoms with Gasteiger partial charge in [0.1, 0.15) is 11.8 Å². The number of anilines is 1. The molecule has 8 heteroatoms. The minimum Gasteiger partial charge on any atom is -0.497 e. The Morgan fingerprint density at radius 1 is 1.17 bits per heavy atom. The fraction of sp³-hybridized carbons (Fsp3) is 0.318. The molecular formula is C22H24N4O4. The maximum atomic E-state index is 12.4. The Balaban J connectivity index is 1.69. The maximum absolute atomic E-state index is 12.4. The minimum absolute atomic E-state index is 0.132. The summed E-state index contributed by atoms with van der Waals surface area (Å²) in [6.45, 7) is 2.91. The number of hydrogen-bond acceptors (Lipinski definition) is 6. The molecule has 1 saturated heterocycles. The van der Waals surface area contributed by atoms with Crippen LogP contribution in [0.15, 0.2) is 48.5 Å². The summed E-state index contributed by atoms with van der Waals surface area (Å²) >= 11 is 0. The smallest absolute Gasteiger partial charge is 0.313 e. The van der Waals surface area contributed by atoms with E-state index in [-0.39, 0.29) is 12.6 Å². The van der Waals surface area contributed by atoms with Gasteiger partial charge in [-0.1, -0.05) is 24.3 Å². The number of rotatable bonds is 6. The summed E-state index contributed by atoms with van der Waals surface area (Å²) in [4.78, 5) is 26.9. The highest BCUT2D eigenvalue weighted by atomic mass is 16.5. The average Bonchev–Trinajstić information content (AvgIpc) is 2.80. The number of morpholine rings is 1. The number of carbonyl (C=O) groups excluding carboxylic acids is 2. The maximum Gasteiger partial charge on any atom is 0.313 e. The minimum atomic E-state index is -0.816. The average molecular weight is 408 g/mol. The molecule has 2 N–H and O–H groups in total. The molecule has 1 aliphatic heterocycles. The molecule has 1 heterocycles. The van der Waals surface area contributed by atoms with E-state index in [1.807, 2.05) is 30.3 Å². The highest BCUT2D eigenvalue weighted by molar-refractivity contribution is 6.39. The van der Waals surface area contributed by atoms with E-state index in [2.05, 4.69) is 15.5 Å². The molecule has 1 fully saturated rings. The van der Waals surface area contributed by atoms with Crippen LogP contribution >= 0.6 is 0 Å². The van der Waals surface area contributed by atoms with Crippen molar-refractivity contribution in [2.75, 3.05) is 45.3 Å². The lowest BCUT2D eigenvalue weighted by Crippen LogP contribution is -2.45. The fourth-order valence-electron chi connectivity index (χ4n) is 3.33. The van der Waals surface area contributed by atoms with Crippen molar-refractivity contribution in [2.24, 2.45) is 0 Å². The Morgan fingerprint density at radius 2 is 1.93 bits per heavy atom. The molecule has 2 aromatic rings. The first kappa shape index (κ1) is 21.3. The van der Waals surface area contributed by atoms with Crippen molar-refractivity contribution < 1.29 is 19.1 Å². The molecule has 1 aliphatic rings. The number of ether oxygens (including phenoxy) is 2. The largest absolute Gasteiger partial charge is 0.497 e. The van der Waals surface area contributed by atoms with Crippen molar-refractivity contribution in [1.29, 1.82) is 5.26 Å². The van der Waals surface area contributed by atoms with Crippen molar-refractivity contribution in [3.05, 3.63) is 59.7 Å². The fourth-order valence-corrected chi connectivity index (χ4v) is 3.33. The van der Waals surface area contributed by atoms with Crippen LogP contribution in [0.4, 0.5) is 5.69 Å². The van der Waals surface area contributed by atoms with E-state index < -0.39 is 11.8 Å². The number of nitrogens with one attached hydrogen (secondary N) is 2. The van der Waals surface area contributed by atoms with Crippen molar-refractivity contribution in [2.45, 2.75) is 6.04 Å². The zero-order valence-electron chi connectivity index (χ0n) is 16.8. The summed E-state index contributed by atoms with van der Waals surface area (Å²) in [5.74, 6) is -0.851. The number of carbonyl (C=O) groups is 2. The number of hydrogen-bond donors (Lipinski definition) is 2. The number of para-hydroxylation sites is 1. The van der Waals surface area contributed by atoms with Gasteiger partial charge >= 0.3 is 11.8 Å². The lowest BCUT2D eigenvalue weighted by atomic mass is 10.0. The normalized spacial score (nSPS) is 14.9. The van der Waals surface area contributed by atoms with E-state index >= 15 is 0 Å². The van der Waals surface area contributed by atoms with Gasteiger partial charge in [-0.3, -0.25) is 14.5 Å². The van der Waals surface area contributed by atoms with Gasteiger partial charge in [0, 0.05) is 19.6 Å². The summed E-state index contributed by atoms with van der Waals surface area (Å²) < 4.78 is 10.8. The Bertz CT molecular complexity index is 935. The molecule has 3 rings (SSSR count). The number of benzene rings is 2. The molecule has 0 aliphatic carbocycles. The molecule has 156 valence electrons. The lowest BCUT2D eigenvalue weighted by Gasteiger charge is -2.35. The Morgan fingerprint density at radius 3 is 2.67 bits per heavy atom. The second-order valence-electron chi connectivity index (χ2n) is 6.76. The van der Waals surface area contributed by atoms with Crippen LogP contribution in [-0.4, -0.2) is 56.7 Å². The zero-order chi connectivity index (χ0) is 21.3. The summed E-state index contributed by atoms with van der Waals surface area (Å²) in [6, 6.07) is 16.0. The van der Waals surface area contributed by atoms with Crippen molar-refractivity contribution in [3.63, 3.8) is 0 Å². The van der Waals surface area contributed by atoms with Crippen LogP contribution < -0.4 is 15.4 Å². The molecule has 0 spiro atoms. The number of nitriles is 1. The van der Waals surface area contributed by atoms with Crippen LogP contribution in [0.2, 0.25) is 0 Å². The van der Waals surface area contributed by atoms with Gasteiger partial charge in [-0.25, -0.2) is 0 Å². The molecular weight excluding hydrogens is 384 g/mol. The Hall–Kier alpha value is -3.41. The summed E-state index contributed by atoms with van der Waals surface area (Å²) in [5.41, 5.74) is 1.57. The van der Waals surface area contributed by atoms with Gasteiger partial charge in [-0.15, -0.1) is 0 Å². The first-order chi connectivity index (χ1) is 14.6. The summed E-state index contributed by atoms with van der Waals surface area (Å²) in [5, 5.41) is 14.3. The van der Waals surface area contributed by atoms with Crippen LogP contribution in [-0.2, 0) is 14.3 Å². The standard InChI is InChI=1S/C22H24N4O4/c1-29-18-7-4-6-16(13-18)20(26-9-11-30-12-10-26)15-24-21(27)22(28)25-19-8-3-2-5-17(19)14-23/h2-8,13,20H,9-12,15H2,1H3,(H,24,27)(H,25,28). The summed E-state index contributed by atoms with van der Waals surface area (Å²) in [6.07, 6.45) is 0. The van der Waals surface area contributed by atoms with E-state index in [1.165, 1.54) is 0 Å². The van der Waals surface area contributed by atoms with E-state index in [4.69, 9.17) is 14.7 Å². The van der Waals surface area contributed by atoms with Gasteiger partial charge in [0.2, 0.25) is 0 Å². The molecule has 8 nitrogen and oxygen atoms in total. The third-order valence-corrected chi connectivity index (χ3v) is 4.92. The molecule has 0 bridgehead atoms. The van der Waals surface area contributed by atoms with E-state index in [0.717, 1.165) is 24.4 Å². The quantitative estimate of drug-likeness (QED) is 0.705. The van der Waals surface area contributed by atoms with Crippen molar-refractivity contribution in [3.8, 4) is 11.8 Å². The molecule has 2 amide bonds. The molecule has 0 radical (unpaired) electrons. The van der Waals surface area contributed by atoms with E-state index in [0.29, 0.717) is 24.5 Å².